The molecule has 1 aromatic carbocycles. The summed E-state index contributed by atoms with van der Waals surface area (Å²) in [6, 6.07) is 8.60. The van der Waals surface area contributed by atoms with Gasteiger partial charge in [-0.05, 0) is 31.3 Å². The van der Waals surface area contributed by atoms with E-state index in [1.165, 1.54) is 11.1 Å². The van der Waals surface area contributed by atoms with E-state index in [-0.39, 0.29) is 6.42 Å². The minimum atomic E-state index is -0.744. The van der Waals surface area contributed by atoms with Crippen LogP contribution in [0, 0.1) is 0 Å². The highest BCUT2D eigenvalue weighted by molar-refractivity contribution is 5.66. The zero-order chi connectivity index (χ0) is 15.0. The molecule has 0 saturated carbocycles. The average Bonchev–Trinajstić information content (AvgIpc) is 2.44. The Labute approximate surface area is 122 Å². The van der Waals surface area contributed by atoms with E-state index in [4.69, 9.17) is 5.11 Å². The number of aliphatic carboxylic acids is 1. The van der Waals surface area contributed by atoms with Gasteiger partial charge in [0.2, 0.25) is 0 Å². The lowest BCUT2D eigenvalue weighted by Gasteiger charge is -2.19. The van der Waals surface area contributed by atoms with Crippen molar-refractivity contribution in [2.45, 2.75) is 33.4 Å². The summed E-state index contributed by atoms with van der Waals surface area (Å²) in [7, 11) is 1.95. The molecule has 112 valence electrons. The maximum atomic E-state index is 10.5. The quantitative estimate of drug-likeness (QED) is 0.753. The van der Waals surface area contributed by atoms with Crippen molar-refractivity contribution in [2.24, 2.45) is 0 Å². The van der Waals surface area contributed by atoms with E-state index in [0.717, 1.165) is 26.2 Å². The van der Waals surface area contributed by atoms with Crippen LogP contribution in [0.1, 0.15) is 31.4 Å². The van der Waals surface area contributed by atoms with E-state index < -0.39 is 5.97 Å². The third kappa shape index (κ3) is 6.17. The zero-order valence-electron chi connectivity index (χ0n) is 12.8. The molecule has 0 aromatic heterocycles. The van der Waals surface area contributed by atoms with Crippen LogP contribution >= 0.6 is 0 Å². The molecule has 0 aliphatic carbocycles. The highest BCUT2D eigenvalue weighted by Crippen LogP contribution is 2.09. The molecule has 0 heterocycles. The van der Waals surface area contributed by atoms with Crippen LogP contribution in [-0.2, 0) is 17.9 Å². The van der Waals surface area contributed by atoms with Crippen LogP contribution in [0.3, 0.4) is 0 Å². The SMILES string of the molecule is CCN(CC)Cc1ccc(CN(C)CCC(=O)O)cc1. The maximum absolute atomic E-state index is 10.5. The topological polar surface area (TPSA) is 43.8 Å². The summed E-state index contributed by atoms with van der Waals surface area (Å²) < 4.78 is 0. The third-order valence-electron chi connectivity index (χ3n) is 3.48. The average molecular weight is 278 g/mol. The Balaban J connectivity index is 2.47. The summed E-state index contributed by atoms with van der Waals surface area (Å²) >= 11 is 0. The molecule has 0 aliphatic heterocycles. The van der Waals surface area contributed by atoms with Crippen molar-refractivity contribution in [1.82, 2.24) is 9.80 Å². The molecule has 0 fully saturated rings. The Bertz CT molecular complexity index is 399. The standard InChI is InChI=1S/C16H26N2O2/c1-4-18(5-2)13-15-8-6-14(7-9-15)12-17(3)11-10-16(19)20/h6-9H,4-5,10-13H2,1-3H3,(H,19,20). The van der Waals surface area contributed by atoms with Gasteiger partial charge in [0.1, 0.15) is 0 Å². The van der Waals surface area contributed by atoms with E-state index >= 15 is 0 Å². The summed E-state index contributed by atoms with van der Waals surface area (Å²) in [5.41, 5.74) is 2.55. The molecule has 0 radical (unpaired) electrons. The Hall–Kier alpha value is -1.39. The first-order valence-electron chi connectivity index (χ1n) is 7.25. The van der Waals surface area contributed by atoms with Crippen LogP contribution < -0.4 is 0 Å². The second-order valence-electron chi connectivity index (χ2n) is 5.16. The molecule has 0 saturated heterocycles. The largest absolute Gasteiger partial charge is 0.481 e. The maximum Gasteiger partial charge on any atom is 0.304 e. The lowest BCUT2D eigenvalue weighted by molar-refractivity contribution is -0.137. The lowest BCUT2D eigenvalue weighted by Crippen LogP contribution is -2.22. The van der Waals surface area contributed by atoms with Crippen LogP contribution in [0.2, 0.25) is 0 Å². The molecule has 0 aliphatic rings. The normalized spacial score (nSPS) is 11.2. The molecule has 20 heavy (non-hydrogen) atoms. The van der Waals surface area contributed by atoms with Gasteiger partial charge in [-0.25, -0.2) is 0 Å². The van der Waals surface area contributed by atoms with E-state index in [0.29, 0.717) is 6.54 Å². The summed E-state index contributed by atoms with van der Waals surface area (Å²) in [5, 5.41) is 8.66. The van der Waals surface area contributed by atoms with Crippen LogP contribution in [0.15, 0.2) is 24.3 Å². The molecular weight excluding hydrogens is 252 g/mol. The fraction of sp³-hybridized carbons (Fsp3) is 0.562. The fourth-order valence-corrected chi connectivity index (χ4v) is 2.13. The van der Waals surface area contributed by atoms with Gasteiger partial charge >= 0.3 is 5.97 Å². The van der Waals surface area contributed by atoms with Crippen molar-refractivity contribution >= 4 is 5.97 Å². The monoisotopic (exact) mass is 278 g/mol. The Morgan fingerprint density at radius 1 is 1.05 bits per heavy atom. The van der Waals surface area contributed by atoms with E-state index in [9.17, 15) is 4.79 Å². The van der Waals surface area contributed by atoms with E-state index in [1.54, 1.807) is 0 Å². The molecule has 1 aromatic rings. The van der Waals surface area contributed by atoms with Crippen molar-refractivity contribution in [3.63, 3.8) is 0 Å². The second-order valence-corrected chi connectivity index (χ2v) is 5.16. The van der Waals surface area contributed by atoms with Crippen molar-refractivity contribution in [3.8, 4) is 0 Å². The summed E-state index contributed by atoms with van der Waals surface area (Å²) in [4.78, 5) is 14.9. The van der Waals surface area contributed by atoms with Gasteiger partial charge in [0.25, 0.3) is 0 Å². The first-order valence-corrected chi connectivity index (χ1v) is 7.25. The molecule has 1 N–H and O–H groups in total. The third-order valence-corrected chi connectivity index (χ3v) is 3.48. The predicted octanol–water partition coefficient (Wildman–Crippen LogP) is 2.43. The lowest BCUT2D eigenvalue weighted by atomic mass is 10.1. The minimum absolute atomic E-state index is 0.191. The van der Waals surface area contributed by atoms with Crippen molar-refractivity contribution in [3.05, 3.63) is 35.4 Å². The molecule has 4 heteroatoms. The van der Waals surface area contributed by atoms with Gasteiger partial charge in [-0.2, -0.15) is 0 Å². The number of carbonyl (C=O) groups is 1. The van der Waals surface area contributed by atoms with Gasteiger partial charge in [0.05, 0.1) is 6.42 Å². The number of carboxylic acids is 1. The number of rotatable bonds is 9. The van der Waals surface area contributed by atoms with Crippen molar-refractivity contribution in [2.75, 3.05) is 26.7 Å². The Morgan fingerprint density at radius 3 is 2.00 bits per heavy atom. The van der Waals surface area contributed by atoms with Crippen molar-refractivity contribution in [1.29, 1.82) is 0 Å². The van der Waals surface area contributed by atoms with Crippen molar-refractivity contribution < 1.29 is 9.90 Å². The number of benzene rings is 1. The number of carboxylic acid groups (broad SMARTS) is 1. The van der Waals surface area contributed by atoms with Crippen LogP contribution in [0.25, 0.3) is 0 Å². The van der Waals surface area contributed by atoms with Crippen LogP contribution in [0.5, 0.6) is 0 Å². The first kappa shape index (κ1) is 16.7. The van der Waals surface area contributed by atoms with Gasteiger partial charge in [0.15, 0.2) is 0 Å². The summed E-state index contributed by atoms with van der Waals surface area (Å²) in [6.45, 7) is 8.84. The highest BCUT2D eigenvalue weighted by atomic mass is 16.4. The smallest absolute Gasteiger partial charge is 0.304 e. The van der Waals surface area contributed by atoms with Gasteiger partial charge < -0.3 is 10.0 Å². The molecule has 4 nitrogen and oxygen atoms in total. The van der Waals surface area contributed by atoms with Gasteiger partial charge in [-0.1, -0.05) is 38.1 Å². The molecule has 0 unspecified atom stereocenters. The van der Waals surface area contributed by atoms with Gasteiger partial charge in [-0.15, -0.1) is 0 Å². The highest BCUT2D eigenvalue weighted by Gasteiger charge is 2.05. The Morgan fingerprint density at radius 2 is 1.55 bits per heavy atom. The summed E-state index contributed by atoms with van der Waals surface area (Å²) in [6.07, 6.45) is 0.191. The predicted molar refractivity (Wildman–Crippen MR) is 81.7 cm³/mol. The fourth-order valence-electron chi connectivity index (χ4n) is 2.13. The molecular formula is C16H26N2O2. The van der Waals surface area contributed by atoms with Gasteiger partial charge in [-0.3, -0.25) is 9.69 Å². The Kier molecular flexibility index (Phi) is 7.26. The number of hydrogen-bond acceptors (Lipinski definition) is 3. The molecule has 0 atom stereocenters. The second kappa shape index (κ2) is 8.72. The first-order chi connectivity index (χ1) is 9.55. The molecule has 0 spiro atoms. The summed E-state index contributed by atoms with van der Waals surface area (Å²) in [5.74, 6) is -0.744. The zero-order valence-corrected chi connectivity index (χ0v) is 12.8. The minimum Gasteiger partial charge on any atom is -0.481 e. The van der Waals surface area contributed by atoms with Crippen LogP contribution in [0.4, 0.5) is 0 Å². The molecule has 1 rings (SSSR count). The van der Waals surface area contributed by atoms with E-state index in [1.807, 2.05) is 11.9 Å². The molecule has 0 bridgehead atoms. The van der Waals surface area contributed by atoms with Gasteiger partial charge in [0, 0.05) is 19.6 Å². The van der Waals surface area contributed by atoms with Crippen LogP contribution in [-0.4, -0.2) is 47.6 Å². The number of hydrogen-bond donors (Lipinski definition) is 1. The molecule has 0 amide bonds. The van der Waals surface area contributed by atoms with E-state index in [2.05, 4.69) is 43.0 Å². The number of nitrogens with zero attached hydrogens (tertiary/aromatic N) is 2.